The Balaban J connectivity index is 2.58. The Morgan fingerprint density at radius 3 is 2.32 bits per heavy atom. The Kier molecular flexibility index (Phi) is 11.1. The molecule has 1 aliphatic carbocycles. The van der Waals surface area contributed by atoms with Crippen molar-refractivity contribution >= 4 is 0 Å². The van der Waals surface area contributed by atoms with Gasteiger partial charge in [0, 0.05) is 6.61 Å². The molecule has 148 valence electrons. The van der Waals surface area contributed by atoms with E-state index in [0.29, 0.717) is 17.4 Å². The van der Waals surface area contributed by atoms with Crippen LogP contribution in [-0.2, 0) is 0 Å². The van der Waals surface area contributed by atoms with E-state index in [1.54, 1.807) is 0 Å². The number of hydrogen-bond acceptors (Lipinski definition) is 1. The first kappa shape index (κ1) is 22.7. The Morgan fingerprint density at radius 1 is 0.960 bits per heavy atom. The van der Waals surface area contributed by atoms with Crippen LogP contribution in [0.1, 0.15) is 118 Å². The quantitative estimate of drug-likeness (QED) is 0.237. The summed E-state index contributed by atoms with van der Waals surface area (Å²) in [5, 5.41) is 9.40. The van der Waals surface area contributed by atoms with Crippen molar-refractivity contribution in [2.75, 3.05) is 6.61 Å². The predicted octanol–water partition coefficient (Wildman–Crippen LogP) is 7.68. The first-order chi connectivity index (χ1) is 12.1. The summed E-state index contributed by atoms with van der Waals surface area (Å²) in [4.78, 5) is 0. The molecule has 3 unspecified atom stereocenters. The van der Waals surface area contributed by atoms with Crippen LogP contribution in [-0.4, -0.2) is 11.7 Å². The standard InChI is InChI=1S/C24H46O/c1-5-8-14-22(13-6-2)24(18-11-12-19-24)17-10-9-16-23(4,15-7-3)20-21-25/h11,18,22,25H,5-10,12-17,19-21H2,1-4H3. The van der Waals surface area contributed by atoms with E-state index >= 15 is 0 Å². The molecular weight excluding hydrogens is 304 g/mol. The zero-order valence-corrected chi connectivity index (χ0v) is 17.8. The zero-order valence-electron chi connectivity index (χ0n) is 17.8. The maximum atomic E-state index is 9.40. The summed E-state index contributed by atoms with van der Waals surface area (Å²) in [6, 6.07) is 0. The highest BCUT2D eigenvalue weighted by molar-refractivity contribution is 5.09. The summed E-state index contributed by atoms with van der Waals surface area (Å²) in [5.41, 5.74) is 0.858. The second-order valence-corrected chi connectivity index (χ2v) is 9.04. The first-order valence-electron chi connectivity index (χ1n) is 11.3. The van der Waals surface area contributed by atoms with Crippen LogP contribution in [0.5, 0.6) is 0 Å². The second-order valence-electron chi connectivity index (χ2n) is 9.04. The van der Waals surface area contributed by atoms with Crippen molar-refractivity contribution in [2.45, 2.75) is 118 Å². The van der Waals surface area contributed by atoms with Crippen LogP contribution in [0.2, 0.25) is 0 Å². The van der Waals surface area contributed by atoms with Crippen LogP contribution in [0.4, 0.5) is 0 Å². The van der Waals surface area contributed by atoms with E-state index in [2.05, 4.69) is 39.8 Å². The normalized spacial score (nSPS) is 23.7. The zero-order chi connectivity index (χ0) is 18.6. The van der Waals surface area contributed by atoms with Gasteiger partial charge in [0.25, 0.3) is 0 Å². The Labute approximate surface area is 158 Å². The summed E-state index contributed by atoms with van der Waals surface area (Å²) in [6.07, 6.45) is 23.5. The fourth-order valence-corrected chi connectivity index (χ4v) is 5.28. The van der Waals surface area contributed by atoms with E-state index in [9.17, 15) is 5.11 Å². The predicted molar refractivity (Wildman–Crippen MR) is 112 cm³/mol. The average molecular weight is 351 g/mol. The van der Waals surface area contributed by atoms with Crippen LogP contribution in [0.25, 0.3) is 0 Å². The number of allylic oxidation sites excluding steroid dienone is 2. The highest BCUT2D eigenvalue weighted by Gasteiger charge is 2.36. The van der Waals surface area contributed by atoms with Gasteiger partial charge >= 0.3 is 0 Å². The maximum Gasteiger partial charge on any atom is 0.0436 e. The first-order valence-corrected chi connectivity index (χ1v) is 11.3. The smallest absolute Gasteiger partial charge is 0.0436 e. The number of aliphatic hydroxyl groups excluding tert-OH is 1. The minimum absolute atomic E-state index is 0.346. The third kappa shape index (κ3) is 7.45. The van der Waals surface area contributed by atoms with Gasteiger partial charge in [0.2, 0.25) is 0 Å². The fraction of sp³-hybridized carbons (Fsp3) is 0.917. The molecule has 0 aromatic heterocycles. The molecule has 0 heterocycles. The molecule has 0 radical (unpaired) electrons. The molecule has 0 amide bonds. The van der Waals surface area contributed by atoms with E-state index in [-0.39, 0.29) is 0 Å². The molecule has 0 fully saturated rings. The van der Waals surface area contributed by atoms with Gasteiger partial charge in [-0.05, 0) is 68.1 Å². The Hall–Kier alpha value is -0.300. The monoisotopic (exact) mass is 350 g/mol. The maximum absolute atomic E-state index is 9.40. The van der Waals surface area contributed by atoms with E-state index in [0.717, 1.165) is 12.3 Å². The fourth-order valence-electron chi connectivity index (χ4n) is 5.28. The molecule has 1 nitrogen and oxygen atoms in total. The van der Waals surface area contributed by atoms with Gasteiger partial charge in [-0.2, -0.15) is 0 Å². The molecule has 0 aliphatic heterocycles. The molecule has 25 heavy (non-hydrogen) atoms. The van der Waals surface area contributed by atoms with Gasteiger partial charge in [0.1, 0.15) is 0 Å². The molecule has 1 rings (SSSR count). The van der Waals surface area contributed by atoms with Crippen molar-refractivity contribution in [1.29, 1.82) is 0 Å². The summed E-state index contributed by atoms with van der Waals surface area (Å²) in [7, 11) is 0. The number of unbranched alkanes of at least 4 members (excludes halogenated alkanes) is 2. The molecule has 0 saturated heterocycles. The van der Waals surface area contributed by atoms with E-state index in [4.69, 9.17) is 0 Å². The Bertz CT molecular complexity index is 353. The van der Waals surface area contributed by atoms with Gasteiger partial charge < -0.3 is 5.11 Å². The van der Waals surface area contributed by atoms with Gasteiger partial charge in [-0.3, -0.25) is 0 Å². The second kappa shape index (κ2) is 12.2. The van der Waals surface area contributed by atoms with Crippen molar-refractivity contribution in [2.24, 2.45) is 16.7 Å². The highest BCUT2D eigenvalue weighted by atomic mass is 16.3. The SMILES string of the molecule is CCCCC(CCC)C1(CCCCC(C)(CCC)CCO)C=CCC1. The molecule has 1 aliphatic rings. The molecule has 0 spiro atoms. The van der Waals surface area contributed by atoms with Gasteiger partial charge in [-0.15, -0.1) is 0 Å². The summed E-state index contributed by atoms with van der Waals surface area (Å²) >= 11 is 0. The number of aliphatic hydroxyl groups is 1. The average Bonchev–Trinajstić information content (AvgIpc) is 3.06. The molecule has 0 aromatic rings. The Morgan fingerprint density at radius 2 is 1.76 bits per heavy atom. The third-order valence-electron chi connectivity index (χ3n) is 6.82. The van der Waals surface area contributed by atoms with Crippen molar-refractivity contribution in [3.05, 3.63) is 12.2 Å². The largest absolute Gasteiger partial charge is 0.396 e. The molecule has 3 atom stereocenters. The van der Waals surface area contributed by atoms with Crippen LogP contribution in [0.3, 0.4) is 0 Å². The van der Waals surface area contributed by atoms with Crippen molar-refractivity contribution in [3.63, 3.8) is 0 Å². The van der Waals surface area contributed by atoms with E-state index in [1.165, 1.54) is 83.5 Å². The minimum atomic E-state index is 0.346. The molecule has 1 N–H and O–H groups in total. The number of rotatable bonds is 15. The van der Waals surface area contributed by atoms with Crippen LogP contribution < -0.4 is 0 Å². The summed E-state index contributed by atoms with van der Waals surface area (Å²) < 4.78 is 0. The van der Waals surface area contributed by atoms with Gasteiger partial charge in [-0.1, -0.05) is 78.4 Å². The lowest BCUT2D eigenvalue weighted by atomic mass is 9.67. The molecule has 0 saturated carbocycles. The number of hydrogen-bond donors (Lipinski definition) is 1. The molecule has 0 aromatic carbocycles. The van der Waals surface area contributed by atoms with Crippen LogP contribution >= 0.6 is 0 Å². The van der Waals surface area contributed by atoms with Gasteiger partial charge in [0.15, 0.2) is 0 Å². The lowest BCUT2D eigenvalue weighted by molar-refractivity contribution is 0.153. The highest BCUT2D eigenvalue weighted by Crippen LogP contribution is 2.48. The van der Waals surface area contributed by atoms with Crippen molar-refractivity contribution < 1.29 is 5.11 Å². The van der Waals surface area contributed by atoms with Crippen LogP contribution in [0, 0.1) is 16.7 Å². The topological polar surface area (TPSA) is 20.2 Å². The van der Waals surface area contributed by atoms with Crippen molar-refractivity contribution in [1.82, 2.24) is 0 Å². The minimum Gasteiger partial charge on any atom is -0.396 e. The molecule has 0 bridgehead atoms. The summed E-state index contributed by atoms with van der Waals surface area (Å²) in [5.74, 6) is 0.899. The van der Waals surface area contributed by atoms with Gasteiger partial charge in [-0.25, -0.2) is 0 Å². The molecular formula is C24H46O. The van der Waals surface area contributed by atoms with E-state index < -0.39 is 0 Å². The lowest BCUT2D eigenvalue weighted by Crippen LogP contribution is -2.27. The van der Waals surface area contributed by atoms with Gasteiger partial charge in [0.05, 0.1) is 0 Å². The lowest BCUT2D eigenvalue weighted by Gasteiger charge is -2.37. The van der Waals surface area contributed by atoms with Crippen molar-refractivity contribution in [3.8, 4) is 0 Å². The third-order valence-corrected chi connectivity index (χ3v) is 6.82. The van der Waals surface area contributed by atoms with E-state index in [1.807, 2.05) is 0 Å². The van der Waals surface area contributed by atoms with Crippen LogP contribution in [0.15, 0.2) is 12.2 Å². The molecule has 1 heteroatoms. The summed E-state index contributed by atoms with van der Waals surface area (Å²) in [6.45, 7) is 9.70.